The van der Waals surface area contributed by atoms with Gasteiger partial charge in [0.05, 0.1) is 18.3 Å². The summed E-state index contributed by atoms with van der Waals surface area (Å²) in [4.78, 5) is 24.6. The molecule has 2 aliphatic heterocycles. The van der Waals surface area contributed by atoms with E-state index in [1.807, 2.05) is 0 Å². The molecule has 2 aliphatic carbocycles. The topological polar surface area (TPSA) is 90.9 Å². The summed E-state index contributed by atoms with van der Waals surface area (Å²) >= 11 is 0. The number of piperidine rings is 1. The van der Waals surface area contributed by atoms with E-state index in [-0.39, 0.29) is 18.0 Å². The molecule has 0 aromatic rings. The average molecular weight is 457 g/mol. The van der Waals surface area contributed by atoms with Gasteiger partial charge in [0, 0.05) is 24.7 Å². The second kappa shape index (κ2) is 8.06. The van der Waals surface area contributed by atoms with Crippen molar-refractivity contribution in [3.8, 4) is 0 Å². The fourth-order valence-corrected chi connectivity index (χ4v) is 5.29. The molecule has 10 heteroatoms. The Bertz CT molecular complexity index is 828. The van der Waals surface area contributed by atoms with E-state index in [2.05, 4.69) is 5.32 Å². The minimum Gasteiger partial charge on any atom is -0.530 e. The zero-order valence-corrected chi connectivity index (χ0v) is 18.0. The Morgan fingerprint density at radius 3 is 2.41 bits per heavy atom. The van der Waals surface area contributed by atoms with Crippen LogP contribution in [0.2, 0.25) is 0 Å². The zero-order valence-electron chi connectivity index (χ0n) is 18.0. The molecule has 4 aliphatic rings. The Labute approximate surface area is 184 Å². The number of hydrogen-bond donors (Lipinski definition) is 1. The van der Waals surface area contributed by atoms with E-state index in [9.17, 15) is 27.9 Å². The van der Waals surface area contributed by atoms with Gasteiger partial charge < -0.3 is 29.6 Å². The number of nitrogens with zero attached hydrogens (tertiary/aromatic N) is 1. The Hall–Kier alpha value is -2.07. The molecule has 0 aromatic carbocycles. The van der Waals surface area contributed by atoms with E-state index >= 15 is 0 Å². The molecule has 2 atom stereocenters. The maximum atomic E-state index is 13.2. The van der Waals surface area contributed by atoms with E-state index in [1.54, 1.807) is 0 Å². The first-order valence-corrected chi connectivity index (χ1v) is 11.0. The van der Waals surface area contributed by atoms with Crippen molar-refractivity contribution >= 4 is 12.1 Å². The Morgan fingerprint density at radius 1 is 1.22 bits per heavy atom. The number of esters is 1. The first-order valence-electron chi connectivity index (χ1n) is 11.0. The van der Waals surface area contributed by atoms with Crippen LogP contribution in [0, 0.1) is 0 Å². The smallest absolute Gasteiger partial charge is 0.416 e. The first kappa shape index (κ1) is 23.1. The molecule has 32 heavy (non-hydrogen) atoms. The van der Waals surface area contributed by atoms with Gasteiger partial charge in [0.2, 0.25) is 0 Å². The predicted octanol–water partition coefficient (Wildman–Crippen LogP) is 2.22. The number of carbonyl (C=O) groups excluding carboxylic acids is 2. The second-order valence-corrected chi connectivity index (χ2v) is 9.46. The number of alkyl halides is 3. The lowest BCUT2D eigenvalue weighted by molar-refractivity contribution is -0.266. The van der Waals surface area contributed by atoms with Gasteiger partial charge in [0.1, 0.15) is 6.09 Å². The van der Waals surface area contributed by atoms with Crippen LogP contribution in [0.4, 0.5) is 18.0 Å². The largest absolute Gasteiger partial charge is 0.530 e. The molecule has 7 nitrogen and oxygen atoms in total. The van der Waals surface area contributed by atoms with Crippen molar-refractivity contribution in [2.45, 2.75) is 80.3 Å². The van der Waals surface area contributed by atoms with Crippen molar-refractivity contribution in [3.05, 3.63) is 23.8 Å². The number of hydrogen-bond acceptors (Lipinski definition) is 6. The molecule has 2 saturated heterocycles. The lowest BCUT2D eigenvalue weighted by Crippen LogP contribution is -2.55. The third-order valence-electron chi connectivity index (χ3n) is 7.27. The highest BCUT2D eigenvalue weighted by atomic mass is 19.4. The zero-order chi connectivity index (χ0) is 23.2. The van der Waals surface area contributed by atoms with E-state index in [0.29, 0.717) is 45.2 Å². The second-order valence-electron chi connectivity index (χ2n) is 9.46. The predicted molar refractivity (Wildman–Crippen MR) is 105 cm³/mol. The van der Waals surface area contributed by atoms with E-state index in [4.69, 9.17) is 9.47 Å². The van der Waals surface area contributed by atoms with Crippen molar-refractivity contribution < 1.29 is 37.3 Å². The number of nitrogens with one attached hydrogen (secondary N) is 1. The minimum absolute atomic E-state index is 0.0146. The Morgan fingerprint density at radius 2 is 1.91 bits per heavy atom. The highest BCUT2D eigenvalue weighted by Crippen LogP contribution is 2.48. The summed E-state index contributed by atoms with van der Waals surface area (Å²) in [7, 11) is 1.28. The molecule has 1 spiro atoms. The quantitative estimate of drug-likeness (QED) is 0.637. The number of carboxylic acid groups (broad SMARTS) is 1. The fourth-order valence-electron chi connectivity index (χ4n) is 5.29. The molecule has 2 heterocycles. The number of likely N-dealkylation sites (tertiary alicyclic amines) is 1. The van der Waals surface area contributed by atoms with Crippen LogP contribution >= 0.6 is 0 Å². The highest BCUT2D eigenvalue weighted by Gasteiger charge is 2.57. The number of amides is 1. The average Bonchev–Trinajstić information content (AvgIpc) is 3.42. The molecule has 4 rings (SSSR count). The van der Waals surface area contributed by atoms with Gasteiger partial charge in [-0.1, -0.05) is 18.2 Å². The monoisotopic (exact) mass is 457 g/mol. The third kappa shape index (κ3) is 4.52. The summed E-state index contributed by atoms with van der Waals surface area (Å²) in [5.74, 6) is -0.499. The van der Waals surface area contributed by atoms with E-state index in [1.165, 1.54) is 18.1 Å². The van der Waals surface area contributed by atoms with Crippen LogP contribution in [-0.4, -0.2) is 66.1 Å². The molecular formula is C22H28F3N2O5-. The number of rotatable bonds is 5. The summed E-state index contributed by atoms with van der Waals surface area (Å²) in [5.41, 5.74) is -3.05. The maximum Gasteiger partial charge on any atom is 0.416 e. The summed E-state index contributed by atoms with van der Waals surface area (Å²) in [6.45, 7) is 0.791. The van der Waals surface area contributed by atoms with E-state index in [0.717, 1.165) is 25.0 Å². The number of ether oxygens (including phenoxy) is 2. The number of allylic oxidation sites excluding steroid dienone is 2. The van der Waals surface area contributed by atoms with Gasteiger partial charge in [-0.2, -0.15) is 13.2 Å². The van der Waals surface area contributed by atoms with Crippen LogP contribution in [0.3, 0.4) is 0 Å². The first-order chi connectivity index (χ1) is 15.0. The van der Waals surface area contributed by atoms with Crippen LogP contribution in [0.25, 0.3) is 0 Å². The van der Waals surface area contributed by atoms with Crippen molar-refractivity contribution in [1.29, 1.82) is 0 Å². The van der Waals surface area contributed by atoms with Gasteiger partial charge in [-0.25, -0.2) is 4.79 Å². The maximum absolute atomic E-state index is 13.2. The van der Waals surface area contributed by atoms with Crippen molar-refractivity contribution in [2.75, 3.05) is 20.2 Å². The van der Waals surface area contributed by atoms with Crippen molar-refractivity contribution in [3.63, 3.8) is 0 Å². The summed E-state index contributed by atoms with van der Waals surface area (Å²) < 4.78 is 50.6. The Balaban J connectivity index is 1.48. The molecular weight excluding hydrogens is 429 g/mol. The van der Waals surface area contributed by atoms with E-state index < -0.39 is 35.0 Å². The van der Waals surface area contributed by atoms with Crippen LogP contribution < -0.4 is 10.4 Å². The summed E-state index contributed by atoms with van der Waals surface area (Å²) in [6, 6.07) is -0.0246. The van der Waals surface area contributed by atoms with Crippen molar-refractivity contribution in [1.82, 2.24) is 10.2 Å². The number of halogens is 3. The molecule has 178 valence electrons. The standard InChI is InChI=1S/C22H29F3N2O5/c1-31-17(28)21(8-9-21)32-20(6-2-15(3-7-20)22(23,24)25)14-16-4-5-19(26-16)10-12-27(13-11-19)18(29)30/h2-3,6,16,26H,4-5,7-14H2,1H3,(H,29,30)/p-1. The molecule has 1 N–H and O–H groups in total. The molecule has 0 aromatic heterocycles. The van der Waals surface area contributed by atoms with Gasteiger partial charge in [-0.05, 0) is 51.4 Å². The van der Waals surface area contributed by atoms with Gasteiger partial charge >= 0.3 is 12.1 Å². The van der Waals surface area contributed by atoms with Crippen LogP contribution in [-0.2, 0) is 14.3 Å². The van der Waals surface area contributed by atoms with Gasteiger partial charge in [-0.3, -0.25) is 0 Å². The van der Waals surface area contributed by atoms with Gasteiger partial charge in [-0.15, -0.1) is 0 Å². The molecule has 0 radical (unpaired) electrons. The normalized spacial score (nSPS) is 30.8. The molecule has 3 fully saturated rings. The third-order valence-corrected chi connectivity index (χ3v) is 7.27. The van der Waals surface area contributed by atoms with Crippen LogP contribution in [0.5, 0.6) is 0 Å². The minimum atomic E-state index is -4.44. The van der Waals surface area contributed by atoms with Crippen LogP contribution in [0.1, 0.15) is 51.4 Å². The number of methoxy groups -OCH3 is 1. The number of carbonyl (C=O) groups is 2. The molecule has 1 amide bonds. The summed E-state index contributed by atoms with van der Waals surface area (Å²) in [5, 5.41) is 14.7. The lowest BCUT2D eigenvalue weighted by atomic mass is 9.85. The molecule has 2 unspecified atom stereocenters. The van der Waals surface area contributed by atoms with Crippen molar-refractivity contribution in [2.24, 2.45) is 0 Å². The SMILES string of the molecule is COC(=O)C1(OC2(CC3CCC4(CCN(C(=O)[O-])CC4)N3)C=CC(C(F)(F)F)=CC2)CC1. The van der Waals surface area contributed by atoms with Crippen LogP contribution in [0.15, 0.2) is 23.8 Å². The lowest BCUT2D eigenvalue weighted by Gasteiger charge is -2.42. The fraction of sp³-hybridized carbons (Fsp3) is 0.727. The summed E-state index contributed by atoms with van der Waals surface area (Å²) in [6.07, 6.45) is 2.37. The molecule has 1 saturated carbocycles. The Kier molecular flexibility index (Phi) is 5.82. The highest BCUT2D eigenvalue weighted by molar-refractivity contribution is 5.82. The van der Waals surface area contributed by atoms with Gasteiger partial charge in [0.15, 0.2) is 5.60 Å². The molecule has 0 bridgehead atoms. The van der Waals surface area contributed by atoms with Gasteiger partial charge in [0.25, 0.3) is 0 Å².